The lowest BCUT2D eigenvalue weighted by Gasteiger charge is -2.55. The van der Waals surface area contributed by atoms with Crippen molar-refractivity contribution in [2.45, 2.75) is 82.7 Å². The number of hydrogen-bond acceptors (Lipinski definition) is 6. The van der Waals surface area contributed by atoms with Crippen LogP contribution >= 0.6 is 0 Å². The van der Waals surface area contributed by atoms with Crippen molar-refractivity contribution in [2.75, 3.05) is 13.2 Å². The highest BCUT2D eigenvalue weighted by molar-refractivity contribution is 5.85. The fourth-order valence-electron chi connectivity index (χ4n) is 5.45. The predicted octanol–water partition coefficient (Wildman–Crippen LogP) is 4.54. The molecule has 0 atom stereocenters. The molecule has 0 aromatic rings. The highest BCUT2D eigenvalue weighted by atomic mass is 19.3. The Hall–Kier alpha value is -2.01. The summed E-state index contributed by atoms with van der Waals surface area (Å²) in [7, 11) is 0. The van der Waals surface area contributed by atoms with E-state index in [0.717, 1.165) is 19.3 Å². The maximum atomic E-state index is 14.4. The van der Waals surface area contributed by atoms with Gasteiger partial charge >= 0.3 is 35.7 Å². The van der Waals surface area contributed by atoms with E-state index in [1.165, 1.54) is 20.8 Å². The molecular formula is C22H28F6O6. The molecule has 0 amide bonds. The number of rotatable bonds is 8. The van der Waals surface area contributed by atoms with Gasteiger partial charge < -0.3 is 14.2 Å². The topological polar surface area (TPSA) is 78.9 Å². The molecule has 0 heterocycles. The van der Waals surface area contributed by atoms with Gasteiger partial charge in [-0.3, -0.25) is 4.79 Å². The molecule has 0 unspecified atom stereocenters. The van der Waals surface area contributed by atoms with E-state index in [0.29, 0.717) is 0 Å². The largest absolute Gasteiger partial charge is 0.462 e. The van der Waals surface area contributed by atoms with Crippen molar-refractivity contribution in [3.63, 3.8) is 0 Å². The molecule has 12 heteroatoms. The average Bonchev–Trinajstić information content (AvgIpc) is 2.68. The molecule has 6 nitrogen and oxygen atoms in total. The molecule has 0 saturated heterocycles. The molecule has 194 valence electrons. The molecule has 0 spiro atoms. The molecule has 4 aliphatic carbocycles. The van der Waals surface area contributed by atoms with Crippen molar-refractivity contribution in [1.82, 2.24) is 0 Å². The van der Waals surface area contributed by atoms with Gasteiger partial charge in [0.2, 0.25) is 0 Å². The van der Waals surface area contributed by atoms with Gasteiger partial charge in [-0.2, -0.15) is 26.3 Å². The highest BCUT2D eigenvalue weighted by Gasteiger charge is 2.80. The highest BCUT2D eigenvalue weighted by Crippen LogP contribution is 2.58. The first-order valence-electron chi connectivity index (χ1n) is 11.1. The van der Waals surface area contributed by atoms with Gasteiger partial charge in [0.15, 0.2) is 0 Å². The van der Waals surface area contributed by atoms with E-state index >= 15 is 0 Å². The predicted molar refractivity (Wildman–Crippen MR) is 103 cm³/mol. The Balaban J connectivity index is 1.63. The van der Waals surface area contributed by atoms with Gasteiger partial charge in [0.1, 0.15) is 18.8 Å². The van der Waals surface area contributed by atoms with E-state index in [1.807, 2.05) is 0 Å². The van der Waals surface area contributed by atoms with Crippen molar-refractivity contribution in [1.29, 1.82) is 0 Å². The van der Waals surface area contributed by atoms with E-state index in [9.17, 15) is 40.7 Å². The van der Waals surface area contributed by atoms with E-state index in [-0.39, 0.29) is 37.0 Å². The monoisotopic (exact) mass is 502 g/mol. The van der Waals surface area contributed by atoms with Crippen LogP contribution in [-0.4, -0.2) is 54.5 Å². The van der Waals surface area contributed by atoms with Crippen LogP contribution in [0.25, 0.3) is 0 Å². The summed E-state index contributed by atoms with van der Waals surface area (Å²) in [6.45, 7) is 2.59. The van der Waals surface area contributed by atoms with Crippen molar-refractivity contribution in [3.05, 3.63) is 0 Å². The van der Waals surface area contributed by atoms with Crippen molar-refractivity contribution in [3.8, 4) is 0 Å². The number of alkyl halides is 6. The Labute approximate surface area is 192 Å². The summed E-state index contributed by atoms with van der Waals surface area (Å²) in [5, 5.41) is 0. The van der Waals surface area contributed by atoms with Crippen LogP contribution in [0.15, 0.2) is 0 Å². The zero-order valence-electron chi connectivity index (χ0n) is 19.1. The second kappa shape index (κ2) is 8.58. The molecule has 4 fully saturated rings. The lowest BCUT2D eigenvalue weighted by Crippen LogP contribution is -2.63. The number of carbonyl (C=O) groups excluding carboxylic acids is 3. The summed E-state index contributed by atoms with van der Waals surface area (Å²) < 4.78 is 98.8. The van der Waals surface area contributed by atoms with Gasteiger partial charge in [0.05, 0.1) is 5.41 Å². The minimum atomic E-state index is -6.42. The van der Waals surface area contributed by atoms with Gasteiger partial charge in [-0.25, -0.2) is 9.59 Å². The summed E-state index contributed by atoms with van der Waals surface area (Å²) in [5.41, 5.74) is -2.35. The quantitative estimate of drug-likeness (QED) is 0.210. The van der Waals surface area contributed by atoms with Crippen LogP contribution in [0.3, 0.4) is 0 Å². The van der Waals surface area contributed by atoms with Crippen LogP contribution in [0, 0.1) is 23.2 Å². The zero-order valence-corrected chi connectivity index (χ0v) is 19.1. The zero-order chi connectivity index (χ0) is 25.7. The Kier molecular flexibility index (Phi) is 6.71. The molecule has 4 bridgehead atoms. The lowest BCUT2D eigenvalue weighted by molar-refractivity contribution is -0.307. The molecule has 34 heavy (non-hydrogen) atoms. The van der Waals surface area contributed by atoms with Gasteiger partial charge in [-0.1, -0.05) is 0 Å². The molecule has 0 radical (unpaired) electrons. The SMILES string of the molecule is CC(C)(C)C(=O)OCCOC(=O)C(F)(F)C(F)(F)C(F)(F)C(=O)OC12CC3CC(CC(C3)C1)C2. The molecular weight excluding hydrogens is 474 g/mol. The van der Waals surface area contributed by atoms with Crippen LogP contribution in [0.2, 0.25) is 0 Å². The number of hydrogen-bond donors (Lipinski definition) is 0. The Bertz CT molecular complexity index is 799. The van der Waals surface area contributed by atoms with E-state index in [2.05, 4.69) is 9.47 Å². The van der Waals surface area contributed by atoms with Crippen LogP contribution < -0.4 is 0 Å². The van der Waals surface area contributed by atoms with E-state index < -0.39 is 59.9 Å². The maximum Gasteiger partial charge on any atom is 0.411 e. The fraction of sp³-hybridized carbons (Fsp3) is 0.864. The van der Waals surface area contributed by atoms with Crippen LogP contribution in [-0.2, 0) is 28.6 Å². The normalized spacial score (nSPS) is 29.0. The van der Waals surface area contributed by atoms with Crippen LogP contribution in [0.4, 0.5) is 26.3 Å². The molecule has 0 aromatic heterocycles. The fourth-order valence-corrected chi connectivity index (χ4v) is 5.45. The second-order valence-corrected chi connectivity index (χ2v) is 10.7. The molecule has 0 N–H and O–H groups in total. The van der Waals surface area contributed by atoms with Gasteiger partial charge in [0, 0.05) is 0 Å². The Morgan fingerprint density at radius 3 is 1.50 bits per heavy atom. The third kappa shape index (κ3) is 4.73. The summed E-state index contributed by atoms with van der Waals surface area (Å²) in [6.07, 6.45) is 3.16. The molecule has 0 aliphatic heterocycles. The van der Waals surface area contributed by atoms with Gasteiger partial charge in [0.25, 0.3) is 0 Å². The maximum absolute atomic E-state index is 14.4. The summed E-state index contributed by atoms with van der Waals surface area (Å²) in [6, 6.07) is 0. The van der Waals surface area contributed by atoms with Crippen molar-refractivity contribution >= 4 is 17.9 Å². The van der Waals surface area contributed by atoms with Crippen LogP contribution in [0.5, 0.6) is 0 Å². The third-order valence-corrected chi connectivity index (χ3v) is 6.75. The number of ether oxygens (including phenoxy) is 3. The standard InChI is InChI=1S/C22H28F6O6/c1-18(2,3)15(29)32-4-5-33-16(30)20(23,24)22(27,28)21(25,26)17(31)34-19-9-12-6-13(10-19)8-14(7-12)11-19/h12-14H,4-11H2,1-3H3. The average molecular weight is 502 g/mol. The first-order chi connectivity index (χ1) is 15.4. The molecule has 4 saturated carbocycles. The van der Waals surface area contributed by atoms with E-state index in [1.54, 1.807) is 0 Å². The van der Waals surface area contributed by atoms with E-state index in [4.69, 9.17) is 4.74 Å². The number of carbonyl (C=O) groups is 3. The number of halogens is 6. The Morgan fingerprint density at radius 1 is 0.706 bits per heavy atom. The van der Waals surface area contributed by atoms with Gasteiger partial charge in [-0.15, -0.1) is 0 Å². The second-order valence-electron chi connectivity index (χ2n) is 10.7. The summed E-state index contributed by atoms with van der Waals surface area (Å²) >= 11 is 0. The summed E-state index contributed by atoms with van der Waals surface area (Å²) in [4.78, 5) is 35.2. The smallest absolute Gasteiger partial charge is 0.411 e. The third-order valence-electron chi connectivity index (χ3n) is 6.75. The minimum absolute atomic E-state index is 0.108. The Morgan fingerprint density at radius 2 is 1.09 bits per heavy atom. The number of esters is 3. The molecule has 0 aromatic carbocycles. The van der Waals surface area contributed by atoms with Gasteiger partial charge in [-0.05, 0) is 77.0 Å². The summed E-state index contributed by atoms with van der Waals surface area (Å²) in [5.74, 6) is -24.7. The molecule has 4 rings (SSSR count). The van der Waals surface area contributed by atoms with Crippen molar-refractivity contribution in [2.24, 2.45) is 23.2 Å². The molecule has 4 aliphatic rings. The minimum Gasteiger partial charge on any atom is -0.462 e. The van der Waals surface area contributed by atoms with Crippen molar-refractivity contribution < 1.29 is 54.9 Å². The lowest BCUT2D eigenvalue weighted by atomic mass is 9.54. The first-order valence-corrected chi connectivity index (χ1v) is 11.1. The first kappa shape index (κ1) is 26.6. The van der Waals surface area contributed by atoms with Crippen LogP contribution in [0.1, 0.15) is 59.3 Å².